The molecule has 0 bridgehead atoms. The maximum Gasteiger partial charge on any atom is 0.273 e. The van der Waals surface area contributed by atoms with E-state index in [0.29, 0.717) is 37.2 Å². The molecule has 2 amide bonds. The molecule has 152 valence electrons. The van der Waals surface area contributed by atoms with Gasteiger partial charge in [0.1, 0.15) is 11.6 Å². The maximum absolute atomic E-state index is 12.5. The molecule has 2 aromatic rings. The Balaban J connectivity index is 1.57. The molecule has 1 aromatic carbocycles. The van der Waals surface area contributed by atoms with Crippen molar-refractivity contribution in [3.05, 3.63) is 59.3 Å². The first-order valence-corrected chi connectivity index (χ1v) is 9.31. The van der Waals surface area contributed by atoms with Crippen molar-refractivity contribution in [2.24, 2.45) is 11.7 Å². The predicted molar refractivity (Wildman–Crippen MR) is 105 cm³/mol. The molecule has 0 saturated heterocycles. The molecule has 1 atom stereocenters. The van der Waals surface area contributed by atoms with Crippen LogP contribution in [0.4, 0.5) is 5.69 Å². The molecule has 0 radical (unpaired) electrons. The highest BCUT2D eigenvalue weighted by Crippen LogP contribution is 2.28. The van der Waals surface area contributed by atoms with E-state index in [1.807, 2.05) is 6.07 Å². The third-order valence-electron chi connectivity index (χ3n) is 5.06. The minimum Gasteiger partial charge on any atom is -0.383 e. The van der Waals surface area contributed by atoms with Gasteiger partial charge in [-0.2, -0.15) is 10.4 Å². The SMILES string of the molecule is N#Cc1cccc(Cn2cc(N(C=O)C3=C(N)N(CC4CC4=O)CNC3=O)cn2)c1. The Morgan fingerprint density at radius 1 is 1.40 bits per heavy atom. The van der Waals surface area contributed by atoms with Crippen LogP contribution in [0.15, 0.2) is 48.2 Å². The van der Waals surface area contributed by atoms with Gasteiger partial charge in [-0.15, -0.1) is 0 Å². The number of rotatable bonds is 7. The first kappa shape index (κ1) is 19.2. The van der Waals surface area contributed by atoms with Gasteiger partial charge in [-0.3, -0.25) is 24.0 Å². The summed E-state index contributed by atoms with van der Waals surface area (Å²) in [5, 5.41) is 16.0. The number of anilines is 1. The highest BCUT2D eigenvalue weighted by molar-refractivity contribution is 6.03. The number of nitrogens with zero attached hydrogens (tertiary/aromatic N) is 5. The van der Waals surface area contributed by atoms with E-state index in [9.17, 15) is 14.4 Å². The fourth-order valence-corrected chi connectivity index (χ4v) is 3.35. The molecule has 0 spiro atoms. The van der Waals surface area contributed by atoms with Gasteiger partial charge in [0.05, 0.1) is 36.7 Å². The van der Waals surface area contributed by atoms with Gasteiger partial charge in [-0.05, 0) is 17.7 Å². The zero-order valence-corrected chi connectivity index (χ0v) is 16.0. The van der Waals surface area contributed by atoms with Gasteiger partial charge in [0.25, 0.3) is 5.91 Å². The first-order valence-electron chi connectivity index (χ1n) is 9.31. The van der Waals surface area contributed by atoms with Gasteiger partial charge in [-0.1, -0.05) is 12.1 Å². The van der Waals surface area contributed by atoms with E-state index in [-0.39, 0.29) is 29.9 Å². The lowest BCUT2D eigenvalue weighted by Gasteiger charge is -2.33. The summed E-state index contributed by atoms with van der Waals surface area (Å²) in [4.78, 5) is 38.5. The number of Topliss-reactive ketones (excluding diaryl/α,β-unsaturated/α-hetero) is 1. The molecule has 1 aliphatic carbocycles. The minimum absolute atomic E-state index is 0.00428. The average molecular weight is 405 g/mol. The monoisotopic (exact) mass is 405 g/mol. The van der Waals surface area contributed by atoms with Crippen LogP contribution in [0.5, 0.6) is 0 Å². The second kappa shape index (κ2) is 7.71. The molecule has 30 heavy (non-hydrogen) atoms. The molecule has 1 aliphatic heterocycles. The molecule has 4 rings (SSSR count). The number of nitriles is 1. The fraction of sp³-hybridized carbons (Fsp3) is 0.250. The van der Waals surface area contributed by atoms with E-state index in [4.69, 9.17) is 11.0 Å². The molecule has 10 heteroatoms. The van der Waals surface area contributed by atoms with E-state index in [1.165, 1.54) is 6.20 Å². The number of carbonyl (C=O) groups excluding carboxylic acids is 3. The molecular weight excluding hydrogens is 386 g/mol. The van der Waals surface area contributed by atoms with E-state index < -0.39 is 5.91 Å². The molecule has 1 unspecified atom stereocenters. The zero-order valence-electron chi connectivity index (χ0n) is 16.0. The second-order valence-electron chi connectivity index (χ2n) is 7.17. The molecule has 1 saturated carbocycles. The van der Waals surface area contributed by atoms with E-state index >= 15 is 0 Å². The van der Waals surface area contributed by atoms with Crippen molar-refractivity contribution < 1.29 is 14.4 Å². The molecule has 2 aliphatic rings. The number of carbonyl (C=O) groups is 3. The van der Waals surface area contributed by atoms with Crippen molar-refractivity contribution in [2.75, 3.05) is 18.1 Å². The van der Waals surface area contributed by atoms with Crippen molar-refractivity contribution in [3.63, 3.8) is 0 Å². The maximum atomic E-state index is 12.5. The standard InChI is InChI=1S/C20H19N7O3/c21-6-13-2-1-3-14(4-13)8-26-10-16(7-24-26)27(12-28)18-19(22)25(11-23-20(18)30)9-15-5-17(15)29/h1-4,7,10,12,15H,5,8-9,11,22H2,(H,23,30). The van der Waals surface area contributed by atoms with Crippen LogP contribution in [0.1, 0.15) is 17.5 Å². The van der Waals surface area contributed by atoms with Crippen LogP contribution < -0.4 is 16.0 Å². The summed E-state index contributed by atoms with van der Waals surface area (Å²) in [5.74, 6) is -0.265. The van der Waals surface area contributed by atoms with Crippen LogP contribution in [0.25, 0.3) is 0 Å². The van der Waals surface area contributed by atoms with Crippen molar-refractivity contribution in [3.8, 4) is 6.07 Å². The zero-order chi connectivity index (χ0) is 21.3. The van der Waals surface area contributed by atoms with Crippen molar-refractivity contribution in [1.29, 1.82) is 5.26 Å². The van der Waals surface area contributed by atoms with Gasteiger partial charge >= 0.3 is 0 Å². The Hall–Kier alpha value is -4.13. The third kappa shape index (κ3) is 3.73. The number of hydrogen-bond acceptors (Lipinski definition) is 7. The lowest BCUT2D eigenvalue weighted by Crippen LogP contribution is -2.51. The number of nitrogens with two attached hydrogens (primary N) is 1. The van der Waals surface area contributed by atoms with E-state index in [1.54, 1.807) is 34.0 Å². The van der Waals surface area contributed by atoms with Crippen LogP contribution in [-0.4, -0.2) is 46.0 Å². The van der Waals surface area contributed by atoms with Crippen LogP contribution in [0, 0.1) is 17.2 Å². The van der Waals surface area contributed by atoms with Gasteiger partial charge in [0.15, 0.2) is 5.70 Å². The lowest BCUT2D eigenvalue weighted by atomic mass is 10.1. The van der Waals surface area contributed by atoms with E-state index in [2.05, 4.69) is 16.5 Å². The summed E-state index contributed by atoms with van der Waals surface area (Å²) in [6.45, 7) is 0.966. The molecule has 2 heterocycles. The highest BCUT2D eigenvalue weighted by atomic mass is 16.2. The Bertz CT molecular complexity index is 1100. The van der Waals surface area contributed by atoms with Gasteiger partial charge in [0.2, 0.25) is 6.41 Å². The molecular formula is C20H19N7O3. The van der Waals surface area contributed by atoms with Gasteiger partial charge in [-0.25, -0.2) is 0 Å². The van der Waals surface area contributed by atoms with Crippen molar-refractivity contribution in [1.82, 2.24) is 20.0 Å². The fourth-order valence-electron chi connectivity index (χ4n) is 3.35. The smallest absolute Gasteiger partial charge is 0.273 e. The van der Waals surface area contributed by atoms with E-state index in [0.717, 1.165) is 10.5 Å². The summed E-state index contributed by atoms with van der Waals surface area (Å²) >= 11 is 0. The van der Waals surface area contributed by atoms with Crippen molar-refractivity contribution >= 4 is 23.8 Å². The number of hydrogen-bond donors (Lipinski definition) is 2. The number of amides is 2. The lowest BCUT2D eigenvalue weighted by molar-refractivity contribution is -0.120. The summed E-state index contributed by atoms with van der Waals surface area (Å²) in [6, 6.07) is 9.21. The van der Waals surface area contributed by atoms with Crippen LogP contribution in [0.3, 0.4) is 0 Å². The van der Waals surface area contributed by atoms with Crippen LogP contribution >= 0.6 is 0 Å². The predicted octanol–water partition coefficient (Wildman–Crippen LogP) is -0.128. The Morgan fingerprint density at radius 2 is 2.20 bits per heavy atom. The summed E-state index contributed by atoms with van der Waals surface area (Å²) in [7, 11) is 0. The number of ketones is 1. The number of benzene rings is 1. The largest absolute Gasteiger partial charge is 0.383 e. The summed E-state index contributed by atoms with van der Waals surface area (Å²) in [6.07, 6.45) is 4.08. The van der Waals surface area contributed by atoms with Crippen molar-refractivity contribution in [2.45, 2.75) is 13.0 Å². The normalized spacial score (nSPS) is 18.1. The molecule has 10 nitrogen and oxygen atoms in total. The second-order valence-corrected chi connectivity index (χ2v) is 7.17. The van der Waals surface area contributed by atoms with Gasteiger partial charge < -0.3 is 16.0 Å². The molecule has 1 aromatic heterocycles. The molecule has 1 fully saturated rings. The topological polar surface area (TPSA) is 137 Å². The quantitative estimate of drug-likeness (QED) is 0.612. The third-order valence-corrected chi connectivity index (χ3v) is 5.06. The van der Waals surface area contributed by atoms with Crippen LogP contribution in [-0.2, 0) is 20.9 Å². The van der Waals surface area contributed by atoms with Gasteiger partial charge in [0, 0.05) is 25.1 Å². The highest BCUT2D eigenvalue weighted by Gasteiger charge is 2.38. The average Bonchev–Trinajstić information content (AvgIpc) is 3.24. The Morgan fingerprint density at radius 3 is 2.90 bits per heavy atom. The summed E-state index contributed by atoms with van der Waals surface area (Å²) in [5.41, 5.74) is 7.97. The summed E-state index contributed by atoms with van der Waals surface area (Å²) < 4.78 is 1.60. The molecule has 3 N–H and O–H groups in total. The first-order chi connectivity index (χ1) is 14.5. The number of nitrogens with one attached hydrogen (secondary N) is 1. The Labute approximate surface area is 172 Å². The van der Waals surface area contributed by atoms with Crippen LogP contribution in [0.2, 0.25) is 0 Å². The number of aromatic nitrogens is 2. The minimum atomic E-state index is -0.479. The Kier molecular flexibility index (Phi) is 4.93.